The number of benzene rings is 1. The van der Waals surface area contributed by atoms with E-state index in [2.05, 4.69) is 20.9 Å². The molecule has 1 aromatic heterocycles. The SMILES string of the molecule is CNC(=O)c1cc(Oc2ccccc2NC(=O)CC2CC3CCC(C2)N3)ccn1.Cl.Cl. The second-order valence-electron chi connectivity index (χ2n) is 7.78. The summed E-state index contributed by atoms with van der Waals surface area (Å²) in [4.78, 5) is 28.5. The molecule has 2 atom stereocenters. The number of carbonyl (C=O) groups excluding carboxylic acids is 2. The Morgan fingerprint density at radius 2 is 1.84 bits per heavy atom. The lowest BCUT2D eigenvalue weighted by Gasteiger charge is -2.28. The van der Waals surface area contributed by atoms with Gasteiger partial charge in [0.2, 0.25) is 5.91 Å². The summed E-state index contributed by atoms with van der Waals surface area (Å²) in [7, 11) is 1.55. The van der Waals surface area contributed by atoms with Crippen LogP contribution in [0.1, 0.15) is 42.6 Å². The van der Waals surface area contributed by atoms with E-state index < -0.39 is 0 Å². The van der Waals surface area contributed by atoms with Gasteiger partial charge in [-0.3, -0.25) is 14.6 Å². The largest absolute Gasteiger partial charge is 0.455 e. The zero-order valence-electron chi connectivity index (χ0n) is 17.3. The van der Waals surface area contributed by atoms with Gasteiger partial charge in [-0.15, -0.1) is 24.8 Å². The van der Waals surface area contributed by atoms with Gasteiger partial charge in [0.25, 0.3) is 5.91 Å². The second-order valence-corrected chi connectivity index (χ2v) is 7.78. The third-order valence-electron chi connectivity index (χ3n) is 5.62. The Balaban J connectivity index is 0.00000171. The Bertz CT molecular complexity index is 900. The van der Waals surface area contributed by atoms with E-state index in [4.69, 9.17) is 4.74 Å². The van der Waals surface area contributed by atoms with Gasteiger partial charge in [0, 0.05) is 37.8 Å². The number of carbonyl (C=O) groups is 2. The van der Waals surface area contributed by atoms with E-state index in [1.165, 1.54) is 19.0 Å². The first kappa shape index (κ1) is 24.9. The van der Waals surface area contributed by atoms with Crippen LogP contribution in [0.2, 0.25) is 0 Å². The van der Waals surface area contributed by atoms with E-state index in [-0.39, 0.29) is 42.3 Å². The lowest BCUT2D eigenvalue weighted by atomic mass is 9.89. The predicted octanol–water partition coefficient (Wildman–Crippen LogP) is 3.94. The Morgan fingerprint density at radius 1 is 1.13 bits per heavy atom. The summed E-state index contributed by atoms with van der Waals surface area (Å²) in [5.74, 6) is 1.16. The second kappa shape index (κ2) is 11.3. The van der Waals surface area contributed by atoms with E-state index in [1.807, 2.05) is 18.2 Å². The maximum Gasteiger partial charge on any atom is 0.269 e. The molecular weight excluding hydrogens is 439 g/mol. The maximum atomic E-state index is 12.7. The van der Waals surface area contributed by atoms with Crippen molar-refractivity contribution >= 4 is 42.3 Å². The Labute approximate surface area is 194 Å². The number of para-hydroxylation sites is 2. The van der Waals surface area contributed by atoms with Gasteiger partial charge in [-0.05, 0) is 49.8 Å². The fourth-order valence-electron chi connectivity index (χ4n) is 4.32. The number of ether oxygens (including phenoxy) is 1. The first-order valence-electron chi connectivity index (χ1n) is 10.1. The molecule has 0 aliphatic carbocycles. The molecule has 3 N–H and O–H groups in total. The van der Waals surface area contributed by atoms with Gasteiger partial charge in [0.1, 0.15) is 11.4 Å². The third kappa shape index (κ3) is 6.32. The molecule has 0 radical (unpaired) electrons. The van der Waals surface area contributed by atoms with Crippen LogP contribution in [0.25, 0.3) is 0 Å². The number of amides is 2. The summed E-state index contributed by atoms with van der Waals surface area (Å²) < 4.78 is 5.94. The molecule has 4 rings (SSSR count). The summed E-state index contributed by atoms with van der Waals surface area (Å²) in [5.41, 5.74) is 0.889. The molecule has 1 aromatic carbocycles. The van der Waals surface area contributed by atoms with E-state index in [0.717, 1.165) is 12.8 Å². The molecule has 0 spiro atoms. The molecule has 7 nitrogen and oxygen atoms in total. The van der Waals surface area contributed by atoms with Gasteiger partial charge in [0.05, 0.1) is 5.69 Å². The number of fused-ring (bicyclic) bond motifs is 2. The van der Waals surface area contributed by atoms with Crippen molar-refractivity contribution in [2.75, 3.05) is 12.4 Å². The molecule has 2 saturated heterocycles. The smallest absolute Gasteiger partial charge is 0.269 e. The quantitative estimate of drug-likeness (QED) is 0.599. The topological polar surface area (TPSA) is 92.4 Å². The standard InChI is InChI=1S/C22H26N4O3.2ClH/c1-23-22(28)19-13-17(8-9-24-19)29-20-5-3-2-4-18(20)26-21(27)12-14-10-15-6-7-16(11-14)25-15;;/h2-5,8-9,13-16,25H,6-7,10-12H2,1H3,(H,23,28)(H,26,27);2*1H. The van der Waals surface area contributed by atoms with Crippen LogP contribution in [0.5, 0.6) is 11.5 Å². The fourth-order valence-corrected chi connectivity index (χ4v) is 4.32. The van der Waals surface area contributed by atoms with Crippen molar-refractivity contribution in [3.8, 4) is 11.5 Å². The minimum Gasteiger partial charge on any atom is -0.455 e. The van der Waals surface area contributed by atoms with Crippen molar-refractivity contribution in [3.05, 3.63) is 48.3 Å². The van der Waals surface area contributed by atoms with Crippen LogP contribution < -0.4 is 20.7 Å². The van der Waals surface area contributed by atoms with Crippen molar-refractivity contribution in [2.24, 2.45) is 5.92 Å². The fraction of sp³-hybridized carbons (Fsp3) is 0.409. The number of piperidine rings is 1. The summed E-state index contributed by atoms with van der Waals surface area (Å²) in [5, 5.41) is 9.15. The van der Waals surface area contributed by atoms with Crippen LogP contribution in [-0.2, 0) is 4.79 Å². The number of hydrogen-bond acceptors (Lipinski definition) is 5. The van der Waals surface area contributed by atoms with Crippen molar-refractivity contribution in [2.45, 2.75) is 44.2 Å². The molecule has 2 aromatic rings. The van der Waals surface area contributed by atoms with Gasteiger partial charge in [0.15, 0.2) is 5.75 Å². The average Bonchev–Trinajstić information content (AvgIpc) is 3.07. The predicted molar refractivity (Wildman–Crippen MR) is 125 cm³/mol. The van der Waals surface area contributed by atoms with Gasteiger partial charge in [-0.1, -0.05) is 12.1 Å². The summed E-state index contributed by atoms with van der Waals surface area (Å²) >= 11 is 0. The zero-order chi connectivity index (χ0) is 20.2. The minimum atomic E-state index is -0.284. The van der Waals surface area contributed by atoms with Gasteiger partial charge in [-0.2, -0.15) is 0 Å². The number of halogens is 2. The van der Waals surface area contributed by atoms with Crippen molar-refractivity contribution in [1.29, 1.82) is 0 Å². The van der Waals surface area contributed by atoms with Crippen LogP contribution in [0.15, 0.2) is 42.6 Å². The molecule has 2 unspecified atom stereocenters. The molecule has 2 aliphatic rings. The van der Waals surface area contributed by atoms with E-state index in [1.54, 1.807) is 25.2 Å². The highest BCUT2D eigenvalue weighted by Crippen LogP contribution is 2.34. The van der Waals surface area contributed by atoms with Gasteiger partial charge >= 0.3 is 0 Å². The third-order valence-corrected chi connectivity index (χ3v) is 5.62. The monoisotopic (exact) mass is 466 g/mol. The molecule has 31 heavy (non-hydrogen) atoms. The number of anilines is 1. The lowest BCUT2D eigenvalue weighted by molar-refractivity contribution is -0.117. The Morgan fingerprint density at radius 3 is 2.55 bits per heavy atom. The van der Waals surface area contributed by atoms with Gasteiger partial charge in [-0.25, -0.2) is 0 Å². The minimum absolute atomic E-state index is 0. The molecule has 168 valence electrons. The molecule has 9 heteroatoms. The lowest BCUT2D eigenvalue weighted by Crippen LogP contribution is -2.39. The summed E-state index contributed by atoms with van der Waals surface area (Å²) in [6, 6.07) is 11.7. The van der Waals surface area contributed by atoms with Crippen LogP contribution >= 0.6 is 24.8 Å². The van der Waals surface area contributed by atoms with Crippen molar-refractivity contribution in [3.63, 3.8) is 0 Å². The highest BCUT2D eigenvalue weighted by Gasteiger charge is 2.34. The van der Waals surface area contributed by atoms with Crippen LogP contribution in [0.4, 0.5) is 5.69 Å². The number of hydrogen-bond donors (Lipinski definition) is 3. The van der Waals surface area contributed by atoms with Gasteiger partial charge < -0.3 is 20.7 Å². The number of pyridine rings is 1. The normalized spacial score (nSPS) is 21.3. The zero-order valence-corrected chi connectivity index (χ0v) is 18.9. The summed E-state index contributed by atoms with van der Waals surface area (Å²) in [6.45, 7) is 0. The Kier molecular flexibility index (Phi) is 9.10. The molecule has 3 heterocycles. The number of aromatic nitrogens is 1. The number of rotatable bonds is 6. The van der Waals surface area contributed by atoms with Crippen LogP contribution in [0.3, 0.4) is 0 Å². The molecular formula is C22H28Cl2N4O3. The Hall–Kier alpha value is -2.35. The first-order chi connectivity index (χ1) is 14.1. The maximum absolute atomic E-state index is 12.7. The highest BCUT2D eigenvalue weighted by molar-refractivity contribution is 5.93. The molecule has 2 fully saturated rings. The van der Waals surface area contributed by atoms with Crippen LogP contribution in [-0.4, -0.2) is 35.9 Å². The number of nitrogens with one attached hydrogen (secondary N) is 3. The average molecular weight is 467 g/mol. The van der Waals surface area contributed by atoms with E-state index >= 15 is 0 Å². The summed E-state index contributed by atoms with van der Waals surface area (Å²) in [6.07, 6.45) is 6.64. The highest BCUT2D eigenvalue weighted by atomic mass is 35.5. The molecule has 2 aliphatic heterocycles. The molecule has 2 amide bonds. The van der Waals surface area contributed by atoms with Crippen molar-refractivity contribution in [1.82, 2.24) is 15.6 Å². The van der Waals surface area contributed by atoms with Crippen molar-refractivity contribution < 1.29 is 14.3 Å². The van der Waals surface area contributed by atoms with Crippen LogP contribution in [0, 0.1) is 5.92 Å². The number of nitrogens with zero attached hydrogens (tertiary/aromatic N) is 1. The molecule has 0 saturated carbocycles. The first-order valence-corrected chi connectivity index (χ1v) is 10.1. The van der Waals surface area contributed by atoms with E-state index in [0.29, 0.717) is 41.6 Å². The van der Waals surface area contributed by atoms with E-state index in [9.17, 15) is 9.59 Å². The molecule has 2 bridgehead atoms.